The minimum atomic E-state index is -4.47. The Labute approximate surface area is 103 Å². The Morgan fingerprint density at radius 2 is 2.06 bits per heavy atom. The van der Waals surface area contributed by atoms with Gasteiger partial charge < -0.3 is 5.32 Å². The van der Waals surface area contributed by atoms with Gasteiger partial charge in [0.05, 0.1) is 17.2 Å². The fourth-order valence-electron chi connectivity index (χ4n) is 2.25. The highest BCUT2D eigenvalue weighted by molar-refractivity contribution is 5.43. The zero-order chi connectivity index (χ0) is 13.2. The molecule has 18 heavy (non-hydrogen) atoms. The molecule has 1 saturated heterocycles. The Hall–Kier alpha value is -1.54. The minimum absolute atomic E-state index is 0.0631. The fourth-order valence-corrected chi connectivity index (χ4v) is 2.25. The normalized spacial score (nSPS) is 20.4. The molecule has 1 aliphatic heterocycles. The first-order valence-corrected chi connectivity index (χ1v) is 5.87. The van der Waals surface area contributed by atoms with Crippen molar-refractivity contribution in [2.45, 2.75) is 31.5 Å². The van der Waals surface area contributed by atoms with Crippen LogP contribution >= 0.6 is 0 Å². The van der Waals surface area contributed by atoms with E-state index in [2.05, 4.69) is 5.32 Å². The van der Waals surface area contributed by atoms with Crippen LogP contribution in [0.1, 0.15) is 42.0 Å². The smallest absolute Gasteiger partial charge is 0.310 e. The molecular formula is C13H13F3N2. The number of rotatable bonds is 1. The van der Waals surface area contributed by atoms with Crippen LogP contribution in [-0.2, 0) is 6.18 Å². The van der Waals surface area contributed by atoms with Gasteiger partial charge in [0.2, 0.25) is 0 Å². The number of nitrogens with one attached hydrogen (secondary N) is 1. The first kappa shape index (κ1) is 12.9. The average molecular weight is 254 g/mol. The van der Waals surface area contributed by atoms with Crippen LogP contribution in [0.5, 0.6) is 0 Å². The third-order valence-electron chi connectivity index (χ3n) is 3.18. The molecule has 1 aromatic carbocycles. The molecule has 2 nitrogen and oxygen atoms in total. The molecule has 1 atom stereocenters. The van der Waals surface area contributed by atoms with Crippen LogP contribution in [0.3, 0.4) is 0 Å². The summed E-state index contributed by atoms with van der Waals surface area (Å²) < 4.78 is 37.9. The van der Waals surface area contributed by atoms with E-state index in [1.54, 1.807) is 6.07 Å². The number of hydrogen-bond acceptors (Lipinski definition) is 2. The van der Waals surface area contributed by atoms with Crippen LogP contribution in [-0.4, -0.2) is 6.54 Å². The summed E-state index contributed by atoms with van der Waals surface area (Å²) in [7, 11) is 0. The molecule has 1 fully saturated rings. The molecule has 0 spiro atoms. The molecule has 0 amide bonds. The lowest BCUT2D eigenvalue weighted by Gasteiger charge is -2.24. The highest BCUT2D eigenvalue weighted by Gasteiger charge is 2.33. The van der Waals surface area contributed by atoms with Gasteiger partial charge >= 0.3 is 6.18 Å². The Balaban J connectivity index is 2.33. The molecule has 1 N–H and O–H groups in total. The van der Waals surface area contributed by atoms with Crippen LogP contribution in [0.2, 0.25) is 0 Å². The summed E-state index contributed by atoms with van der Waals surface area (Å²) in [6.45, 7) is 0.869. The Morgan fingerprint density at radius 1 is 1.28 bits per heavy atom. The van der Waals surface area contributed by atoms with Gasteiger partial charge in [-0.25, -0.2) is 0 Å². The van der Waals surface area contributed by atoms with Gasteiger partial charge in [0.1, 0.15) is 0 Å². The van der Waals surface area contributed by atoms with Crippen molar-refractivity contribution in [1.29, 1.82) is 5.26 Å². The second-order valence-electron chi connectivity index (χ2n) is 4.42. The lowest BCUT2D eigenvalue weighted by Crippen LogP contribution is -2.27. The summed E-state index contributed by atoms with van der Waals surface area (Å²) in [4.78, 5) is 0. The van der Waals surface area contributed by atoms with Gasteiger partial charge in [-0.3, -0.25) is 0 Å². The fraction of sp³-hybridized carbons (Fsp3) is 0.462. The summed E-state index contributed by atoms with van der Waals surface area (Å²) in [6, 6.07) is 5.52. The zero-order valence-electron chi connectivity index (χ0n) is 9.72. The quantitative estimate of drug-likeness (QED) is 0.833. The number of hydrogen-bond donors (Lipinski definition) is 1. The van der Waals surface area contributed by atoms with Crippen molar-refractivity contribution in [2.75, 3.05) is 6.54 Å². The van der Waals surface area contributed by atoms with E-state index in [0.717, 1.165) is 37.4 Å². The maximum Gasteiger partial charge on any atom is 0.417 e. The van der Waals surface area contributed by atoms with Gasteiger partial charge in [0.15, 0.2) is 0 Å². The van der Waals surface area contributed by atoms with Crippen molar-refractivity contribution in [2.24, 2.45) is 0 Å². The molecule has 0 radical (unpaired) electrons. The molecule has 1 aliphatic rings. The van der Waals surface area contributed by atoms with Crippen molar-refractivity contribution < 1.29 is 13.2 Å². The minimum Gasteiger partial charge on any atom is -0.310 e. The predicted molar refractivity (Wildman–Crippen MR) is 60.8 cm³/mol. The summed E-state index contributed by atoms with van der Waals surface area (Å²) >= 11 is 0. The molecule has 2 rings (SSSR count). The Bertz CT molecular complexity index is 468. The molecule has 96 valence electrons. The molecule has 0 aromatic heterocycles. The highest BCUT2D eigenvalue weighted by atomic mass is 19.4. The van der Waals surface area contributed by atoms with E-state index in [9.17, 15) is 13.2 Å². The number of piperidine rings is 1. The molecule has 1 unspecified atom stereocenters. The van der Waals surface area contributed by atoms with E-state index in [1.807, 2.05) is 0 Å². The van der Waals surface area contributed by atoms with Crippen LogP contribution in [0.25, 0.3) is 0 Å². The number of halogens is 3. The zero-order valence-corrected chi connectivity index (χ0v) is 9.72. The first-order valence-electron chi connectivity index (χ1n) is 5.87. The maximum atomic E-state index is 12.6. The van der Waals surface area contributed by atoms with Crippen molar-refractivity contribution in [3.05, 3.63) is 34.9 Å². The Morgan fingerprint density at radius 3 is 2.61 bits per heavy atom. The molecular weight excluding hydrogens is 241 g/mol. The topological polar surface area (TPSA) is 35.8 Å². The second kappa shape index (κ2) is 4.99. The Kier molecular flexibility index (Phi) is 3.58. The van der Waals surface area contributed by atoms with Crippen LogP contribution in [0, 0.1) is 11.3 Å². The molecule has 5 heteroatoms. The first-order chi connectivity index (χ1) is 8.52. The third-order valence-corrected chi connectivity index (χ3v) is 3.18. The second-order valence-corrected chi connectivity index (χ2v) is 4.42. The molecule has 0 saturated carbocycles. The monoisotopic (exact) mass is 254 g/mol. The van der Waals surface area contributed by atoms with E-state index < -0.39 is 11.7 Å². The van der Waals surface area contributed by atoms with Gasteiger partial charge in [-0.05, 0) is 37.1 Å². The number of nitrogens with zero attached hydrogens (tertiary/aromatic N) is 1. The van der Waals surface area contributed by atoms with Gasteiger partial charge in [-0.1, -0.05) is 12.5 Å². The third kappa shape index (κ3) is 2.65. The van der Waals surface area contributed by atoms with E-state index in [1.165, 1.54) is 12.1 Å². The van der Waals surface area contributed by atoms with Gasteiger partial charge in [-0.15, -0.1) is 0 Å². The van der Waals surface area contributed by atoms with Gasteiger partial charge in [-0.2, -0.15) is 18.4 Å². The molecule has 1 heterocycles. The summed E-state index contributed by atoms with van der Waals surface area (Å²) in [6.07, 6.45) is -1.43. The van der Waals surface area contributed by atoms with Crippen molar-refractivity contribution in [3.8, 4) is 6.07 Å². The molecule has 0 bridgehead atoms. The van der Waals surface area contributed by atoms with Crippen molar-refractivity contribution >= 4 is 0 Å². The van der Waals surface area contributed by atoms with Crippen molar-refractivity contribution in [3.63, 3.8) is 0 Å². The van der Waals surface area contributed by atoms with Crippen LogP contribution in [0.15, 0.2) is 18.2 Å². The molecule has 1 aromatic rings. The van der Waals surface area contributed by atoms with E-state index in [4.69, 9.17) is 5.26 Å². The molecule has 0 aliphatic carbocycles. The summed E-state index contributed by atoms with van der Waals surface area (Å²) in [5.74, 6) is 0. The van der Waals surface area contributed by atoms with Crippen LogP contribution in [0.4, 0.5) is 13.2 Å². The van der Waals surface area contributed by atoms with E-state index in [-0.39, 0.29) is 11.6 Å². The van der Waals surface area contributed by atoms with E-state index >= 15 is 0 Å². The summed E-state index contributed by atoms with van der Waals surface area (Å²) in [5.41, 5.74) is -0.392. The van der Waals surface area contributed by atoms with Crippen LogP contribution < -0.4 is 5.32 Å². The SMILES string of the molecule is N#Cc1cc(C2CCCCN2)ccc1C(F)(F)F. The highest BCUT2D eigenvalue weighted by Crippen LogP contribution is 2.34. The largest absolute Gasteiger partial charge is 0.417 e. The van der Waals surface area contributed by atoms with Crippen molar-refractivity contribution in [1.82, 2.24) is 5.32 Å². The number of benzene rings is 1. The standard InChI is InChI=1S/C13H13F3N2/c14-13(15,16)11-5-4-9(7-10(11)8-17)12-3-1-2-6-18-12/h4-5,7,12,18H,1-3,6H2. The lowest BCUT2D eigenvalue weighted by molar-refractivity contribution is -0.137. The number of alkyl halides is 3. The van der Waals surface area contributed by atoms with Gasteiger partial charge in [0.25, 0.3) is 0 Å². The predicted octanol–water partition coefficient (Wildman–Crippen LogP) is 3.39. The number of nitriles is 1. The average Bonchev–Trinajstić information content (AvgIpc) is 2.38. The van der Waals surface area contributed by atoms with Gasteiger partial charge in [0, 0.05) is 6.04 Å². The lowest BCUT2D eigenvalue weighted by atomic mass is 9.94. The summed E-state index contributed by atoms with van der Waals surface area (Å²) in [5, 5.41) is 12.1. The maximum absolute atomic E-state index is 12.6. The van der Waals surface area contributed by atoms with E-state index in [0.29, 0.717) is 0 Å².